The van der Waals surface area contributed by atoms with Crippen molar-refractivity contribution < 1.29 is 34.4 Å². The number of nitrogens with two attached hydrogens (primary N) is 1. The van der Waals surface area contributed by atoms with Crippen molar-refractivity contribution in [1.29, 1.82) is 0 Å². The Kier molecular flexibility index (Phi) is 7.96. The van der Waals surface area contributed by atoms with Gasteiger partial charge in [0.15, 0.2) is 12.0 Å². The summed E-state index contributed by atoms with van der Waals surface area (Å²) in [6.07, 6.45) is -3.49. The first-order valence-electron chi connectivity index (χ1n) is 10.3. The number of rotatable bonds is 9. The summed E-state index contributed by atoms with van der Waals surface area (Å²) in [7, 11) is 1.27. The summed E-state index contributed by atoms with van der Waals surface area (Å²) in [5.74, 6) is -1.37. The lowest BCUT2D eigenvalue weighted by molar-refractivity contribution is -0.119. The van der Waals surface area contributed by atoms with Crippen LogP contribution in [0.3, 0.4) is 0 Å². The number of phenolic OH excluding ortho intramolecular Hbond substituents is 1. The molecule has 1 aromatic carbocycles. The zero-order valence-corrected chi connectivity index (χ0v) is 18.2. The van der Waals surface area contributed by atoms with E-state index in [-0.39, 0.29) is 12.2 Å². The summed E-state index contributed by atoms with van der Waals surface area (Å²) in [5, 5.41) is 31.1. The normalized spacial score (nSPS) is 22.9. The lowest BCUT2D eigenvalue weighted by atomic mass is 10.0. The van der Waals surface area contributed by atoms with E-state index in [4.69, 9.17) is 15.2 Å². The number of aromatic hydroxyl groups is 1. The minimum absolute atomic E-state index is 0.0729. The number of carbonyl (C=O) groups excluding carboxylic acids is 2. The Morgan fingerprint density at radius 1 is 1.29 bits per heavy atom. The molecule has 1 aliphatic rings. The van der Waals surface area contributed by atoms with Crippen LogP contribution in [0.25, 0.3) is 0 Å². The molecule has 13 nitrogen and oxygen atoms in total. The van der Waals surface area contributed by atoms with Gasteiger partial charge in [0, 0.05) is 13.3 Å². The molecule has 1 aliphatic heterocycles. The van der Waals surface area contributed by atoms with Gasteiger partial charge in [0.2, 0.25) is 0 Å². The van der Waals surface area contributed by atoms with Crippen molar-refractivity contribution in [3.05, 3.63) is 62.4 Å². The number of phenols is 1. The van der Waals surface area contributed by atoms with Crippen LogP contribution in [0.1, 0.15) is 22.1 Å². The molecule has 13 heteroatoms. The van der Waals surface area contributed by atoms with Crippen molar-refractivity contribution in [3.8, 4) is 5.75 Å². The number of Topliss-reactive ketones (excluding diaryl/α,β-unsaturated/α-hetero) is 1. The average molecular weight is 478 g/mol. The number of amides is 1. The number of aliphatic hydroxyl groups is 2. The summed E-state index contributed by atoms with van der Waals surface area (Å²) < 4.78 is 11.5. The molecule has 0 radical (unpaired) electrons. The highest BCUT2D eigenvalue weighted by Crippen LogP contribution is 2.30. The summed E-state index contributed by atoms with van der Waals surface area (Å²) >= 11 is 0. The van der Waals surface area contributed by atoms with Gasteiger partial charge in [0.1, 0.15) is 29.6 Å². The highest BCUT2D eigenvalue weighted by molar-refractivity contribution is 5.97. The Hall–Kier alpha value is -3.36. The minimum Gasteiger partial charge on any atom is -0.508 e. The molecular weight excluding hydrogens is 452 g/mol. The van der Waals surface area contributed by atoms with E-state index in [0.717, 1.165) is 10.8 Å². The molecule has 0 saturated carbocycles. The van der Waals surface area contributed by atoms with E-state index in [9.17, 15) is 34.5 Å². The number of hydrogen-bond acceptors (Lipinski definition) is 10. The van der Waals surface area contributed by atoms with Crippen molar-refractivity contribution >= 4 is 11.7 Å². The second-order valence-electron chi connectivity index (χ2n) is 7.77. The standard InChI is InChI=1S/C21H26N4O9/c1-33-17-16(29)15(9-26)34-20(17)25-8-12(19(31)24-21(25)32)18(30)23-7-14(28)13(22)6-10-2-4-11(27)5-3-10/h2-5,8,13,15-17,20,26-27,29H,6-7,9,22H2,1H3,(H,23,30)(H,24,31,32)/t13-,15+,16-,17+,20+/m0/s1. The van der Waals surface area contributed by atoms with Gasteiger partial charge in [-0.15, -0.1) is 0 Å². The van der Waals surface area contributed by atoms with Crippen LogP contribution in [-0.4, -0.2) is 81.2 Å². The predicted molar refractivity (Wildman–Crippen MR) is 116 cm³/mol. The maximum absolute atomic E-state index is 12.6. The van der Waals surface area contributed by atoms with Gasteiger partial charge < -0.3 is 35.8 Å². The number of nitrogens with one attached hydrogen (secondary N) is 2. The van der Waals surface area contributed by atoms with Gasteiger partial charge in [0.25, 0.3) is 11.5 Å². The van der Waals surface area contributed by atoms with E-state index < -0.39 is 72.2 Å². The Morgan fingerprint density at radius 2 is 1.97 bits per heavy atom. The molecule has 5 atom stereocenters. The molecule has 0 spiro atoms. The number of ether oxygens (including phenoxy) is 2. The summed E-state index contributed by atoms with van der Waals surface area (Å²) in [5.41, 5.74) is 4.19. The van der Waals surface area contributed by atoms with Crippen LogP contribution in [0.4, 0.5) is 0 Å². The third-order valence-electron chi connectivity index (χ3n) is 5.48. The summed E-state index contributed by atoms with van der Waals surface area (Å²) in [6, 6.07) is 5.20. The van der Waals surface area contributed by atoms with Gasteiger partial charge in [-0.2, -0.15) is 0 Å². The monoisotopic (exact) mass is 478 g/mol. The Balaban J connectivity index is 1.71. The van der Waals surface area contributed by atoms with Crippen molar-refractivity contribution in [2.24, 2.45) is 5.73 Å². The lowest BCUT2D eigenvalue weighted by Gasteiger charge is -2.20. The van der Waals surface area contributed by atoms with Gasteiger partial charge in [0.05, 0.1) is 19.2 Å². The molecule has 2 heterocycles. The summed E-state index contributed by atoms with van der Waals surface area (Å²) in [6.45, 7) is -1.02. The molecular formula is C21H26N4O9. The Morgan fingerprint density at radius 3 is 2.59 bits per heavy atom. The van der Waals surface area contributed by atoms with Crippen LogP contribution >= 0.6 is 0 Å². The van der Waals surface area contributed by atoms with Gasteiger partial charge in [-0.1, -0.05) is 12.1 Å². The molecule has 1 fully saturated rings. The SMILES string of the molecule is CO[C@@H]1[C@@H](O)[C@@H](CO)O[C@H]1n1cc(C(=O)NCC(=O)[C@@H](N)Cc2ccc(O)cc2)c(=O)[nH]c1=O. The fourth-order valence-corrected chi connectivity index (χ4v) is 3.58. The second-order valence-corrected chi connectivity index (χ2v) is 7.77. The van der Waals surface area contributed by atoms with E-state index in [0.29, 0.717) is 5.56 Å². The number of hydrogen-bond donors (Lipinski definition) is 6. The topological polar surface area (TPSA) is 206 Å². The van der Waals surface area contributed by atoms with Gasteiger partial charge in [-0.25, -0.2) is 4.79 Å². The van der Waals surface area contributed by atoms with Crippen molar-refractivity contribution in [2.45, 2.75) is 37.0 Å². The fourth-order valence-electron chi connectivity index (χ4n) is 3.58. The molecule has 0 bridgehead atoms. The van der Waals surface area contributed by atoms with E-state index in [2.05, 4.69) is 5.32 Å². The molecule has 1 aromatic heterocycles. The number of methoxy groups -OCH3 is 1. The first-order valence-corrected chi connectivity index (χ1v) is 10.3. The predicted octanol–water partition coefficient (Wildman–Crippen LogP) is -2.62. The third kappa shape index (κ3) is 5.40. The number of benzene rings is 1. The third-order valence-corrected chi connectivity index (χ3v) is 5.48. The van der Waals surface area contributed by atoms with Crippen LogP contribution in [0.15, 0.2) is 40.1 Å². The van der Waals surface area contributed by atoms with Crippen LogP contribution in [0, 0.1) is 0 Å². The highest BCUT2D eigenvalue weighted by atomic mass is 16.6. The smallest absolute Gasteiger partial charge is 0.330 e. The number of nitrogens with zero attached hydrogens (tertiary/aromatic N) is 1. The first kappa shape index (κ1) is 25.3. The second kappa shape index (κ2) is 10.7. The first-order chi connectivity index (χ1) is 16.2. The zero-order valence-electron chi connectivity index (χ0n) is 18.2. The minimum atomic E-state index is -1.26. The number of H-pyrrole nitrogens is 1. The highest BCUT2D eigenvalue weighted by Gasteiger charge is 2.45. The molecule has 0 aliphatic carbocycles. The quantitative estimate of drug-likeness (QED) is 0.221. The van der Waals surface area contributed by atoms with E-state index >= 15 is 0 Å². The molecule has 1 amide bonds. The molecule has 7 N–H and O–H groups in total. The number of carbonyl (C=O) groups is 2. The molecule has 184 valence electrons. The fraction of sp³-hybridized carbons (Fsp3) is 0.429. The molecule has 2 aromatic rings. The van der Waals surface area contributed by atoms with E-state index in [1.54, 1.807) is 12.1 Å². The number of aliphatic hydroxyl groups excluding tert-OH is 2. The van der Waals surface area contributed by atoms with Crippen molar-refractivity contribution in [1.82, 2.24) is 14.9 Å². The number of ketones is 1. The van der Waals surface area contributed by atoms with Crippen LogP contribution < -0.4 is 22.3 Å². The van der Waals surface area contributed by atoms with Crippen LogP contribution in [-0.2, 0) is 20.7 Å². The molecule has 3 rings (SSSR count). The van der Waals surface area contributed by atoms with E-state index in [1.165, 1.54) is 19.2 Å². The average Bonchev–Trinajstić information content (AvgIpc) is 3.13. The Bertz CT molecular complexity index is 1140. The van der Waals surface area contributed by atoms with Gasteiger partial charge >= 0.3 is 5.69 Å². The molecule has 1 saturated heterocycles. The van der Waals surface area contributed by atoms with Crippen LogP contribution in [0.5, 0.6) is 5.75 Å². The zero-order chi connectivity index (χ0) is 25.0. The maximum atomic E-state index is 12.6. The number of aromatic nitrogens is 2. The van der Waals surface area contributed by atoms with Gasteiger partial charge in [-0.3, -0.25) is 23.9 Å². The molecule has 34 heavy (non-hydrogen) atoms. The van der Waals surface area contributed by atoms with Gasteiger partial charge in [-0.05, 0) is 24.1 Å². The van der Waals surface area contributed by atoms with Crippen molar-refractivity contribution in [3.63, 3.8) is 0 Å². The lowest BCUT2D eigenvalue weighted by Crippen LogP contribution is -2.44. The molecule has 0 unspecified atom stereocenters. The number of aromatic amines is 1. The van der Waals surface area contributed by atoms with E-state index in [1.807, 2.05) is 4.98 Å². The van der Waals surface area contributed by atoms with Crippen LogP contribution in [0.2, 0.25) is 0 Å². The maximum Gasteiger partial charge on any atom is 0.330 e. The Labute approximate surface area is 192 Å². The van der Waals surface area contributed by atoms with Crippen molar-refractivity contribution in [2.75, 3.05) is 20.3 Å². The summed E-state index contributed by atoms with van der Waals surface area (Å²) in [4.78, 5) is 51.4. The largest absolute Gasteiger partial charge is 0.508 e.